The van der Waals surface area contributed by atoms with Crippen LogP contribution in [0.2, 0.25) is 0 Å². The van der Waals surface area contributed by atoms with Crippen LogP contribution in [0.5, 0.6) is 0 Å². The van der Waals surface area contributed by atoms with E-state index in [4.69, 9.17) is 4.98 Å². The van der Waals surface area contributed by atoms with E-state index in [9.17, 15) is 4.79 Å². The van der Waals surface area contributed by atoms with Gasteiger partial charge in [0, 0.05) is 24.6 Å². The summed E-state index contributed by atoms with van der Waals surface area (Å²) in [6, 6.07) is 3.76. The number of pyridine rings is 1. The highest BCUT2D eigenvalue weighted by Gasteiger charge is 2.25. The third-order valence-electron chi connectivity index (χ3n) is 4.11. The Morgan fingerprint density at radius 1 is 1.15 bits per heavy atom. The number of carbonyl (C=O) groups is 1. The Hall–Kier alpha value is -2.83. The summed E-state index contributed by atoms with van der Waals surface area (Å²) in [5.74, 6) is 0.953. The zero-order valence-electron chi connectivity index (χ0n) is 15.5. The molecule has 0 fully saturated rings. The number of hydrogen-bond acceptors (Lipinski definition) is 5. The summed E-state index contributed by atoms with van der Waals surface area (Å²) in [5.41, 5.74) is 1.96. The van der Waals surface area contributed by atoms with Gasteiger partial charge in [0.05, 0.1) is 12.2 Å². The van der Waals surface area contributed by atoms with Crippen molar-refractivity contribution in [3.63, 3.8) is 0 Å². The maximum atomic E-state index is 12.6. The van der Waals surface area contributed by atoms with Crippen LogP contribution in [0.4, 0.5) is 0 Å². The Morgan fingerprint density at radius 3 is 2.62 bits per heavy atom. The summed E-state index contributed by atoms with van der Waals surface area (Å²) in [6.07, 6.45) is 7.06. The summed E-state index contributed by atoms with van der Waals surface area (Å²) in [6.45, 7) is 8.44. The maximum Gasteiger partial charge on any atom is 0.272 e. The molecule has 0 aliphatic heterocycles. The van der Waals surface area contributed by atoms with Crippen molar-refractivity contribution in [2.24, 2.45) is 5.92 Å². The zero-order chi connectivity index (χ0) is 18.7. The predicted octanol–water partition coefficient (Wildman–Crippen LogP) is 3.32. The van der Waals surface area contributed by atoms with Gasteiger partial charge in [-0.25, -0.2) is 15.0 Å². The van der Waals surface area contributed by atoms with Crippen molar-refractivity contribution in [3.8, 4) is 0 Å². The van der Waals surface area contributed by atoms with E-state index < -0.39 is 0 Å². The Bertz CT molecular complexity index is 887. The van der Waals surface area contributed by atoms with Crippen LogP contribution in [0.3, 0.4) is 0 Å². The number of fused-ring (bicyclic) bond motifs is 1. The summed E-state index contributed by atoms with van der Waals surface area (Å²) in [4.78, 5) is 30.0. The molecule has 3 aromatic rings. The molecule has 3 rings (SSSR count). The lowest BCUT2D eigenvalue weighted by molar-refractivity contribution is 0.0923. The monoisotopic (exact) mass is 352 g/mol. The average Bonchev–Trinajstić information content (AvgIpc) is 3.01. The summed E-state index contributed by atoms with van der Waals surface area (Å²) >= 11 is 0. The molecule has 0 aliphatic carbocycles. The molecule has 7 nitrogen and oxygen atoms in total. The second kappa shape index (κ2) is 7.59. The van der Waals surface area contributed by atoms with E-state index in [0.29, 0.717) is 11.6 Å². The SMILES string of the molecule is CC(C)CC(NC(=O)c1cnccn1)c1nc2cccnc2n1C(C)C. The minimum absolute atomic E-state index is 0.174. The maximum absolute atomic E-state index is 12.6. The quantitative estimate of drug-likeness (QED) is 0.735. The van der Waals surface area contributed by atoms with Crippen molar-refractivity contribution in [1.82, 2.24) is 29.8 Å². The van der Waals surface area contributed by atoms with Crippen molar-refractivity contribution >= 4 is 17.1 Å². The van der Waals surface area contributed by atoms with Crippen LogP contribution in [-0.4, -0.2) is 30.4 Å². The first-order chi connectivity index (χ1) is 12.5. The number of imidazole rings is 1. The third kappa shape index (κ3) is 3.71. The Kier molecular flexibility index (Phi) is 5.25. The van der Waals surface area contributed by atoms with Crippen LogP contribution >= 0.6 is 0 Å². The van der Waals surface area contributed by atoms with E-state index in [1.807, 2.05) is 12.1 Å². The van der Waals surface area contributed by atoms with Gasteiger partial charge in [0.15, 0.2) is 5.65 Å². The molecule has 1 atom stereocenters. The van der Waals surface area contributed by atoms with Crippen molar-refractivity contribution < 1.29 is 4.79 Å². The number of nitrogens with zero attached hydrogens (tertiary/aromatic N) is 5. The highest BCUT2D eigenvalue weighted by molar-refractivity contribution is 5.92. The van der Waals surface area contributed by atoms with Crippen LogP contribution in [0, 0.1) is 5.92 Å². The predicted molar refractivity (Wildman–Crippen MR) is 99.6 cm³/mol. The largest absolute Gasteiger partial charge is 0.341 e. The van der Waals surface area contributed by atoms with Gasteiger partial charge >= 0.3 is 0 Å². The number of rotatable bonds is 6. The fourth-order valence-corrected chi connectivity index (χ4v) is 3.05. The molecular weight excluding hydrogens is 328 g/mol. The molecule has 0 aromatic carbocycles. The molecule has 7 heteroatoms. The van der Waals surface area contributed by atoms with Gasteiger partial charge in [-0.15, -0.1) is 0 Å². The summed E-state index contributed by atoms with van der Waals surface area (Å²) in [7, 11) is 0. The van der Waals surface area contributed by atoms with Crippen LogP contribution in [0.1, 0.15) is 62.5 Å². The van der Waals surface area contributed by atoms with Crippen molar-refractivity contribution in [1.29, 1.82) is 0 Å². The normalized spacial score (nSPS) is 12.7. The number of carbonyl (C=O) groups excluding carboxylic acids is 1. The van der Waals surface area contributed by atoms with Crippen molar-refractivity contribution in [2.45, 2.75) is 46.2 Å². The third-order valence-corrected chi connectivity index (χ3v) is 4.11. The minimum Gasteiger partial charge on any atom is -0.341 e. The lowest BCUT2D eigenvalue weighted by Crippen LogP contribution is -2.32. The first-order valence-electron chi connectivity index (χ1n) is 8.87. The molecule has 1 N–H and O–H groups in total. The topological polar surface area (TPSA) is 85.6 Å². The summed E-state index contributed by atoms with van der Waals surface area (Å²) in [5, 5.41) is 3.08. The Balaban J connectivity index is 2.01. The molecule has 0 aliphatic rings. The molecular formula is C19H24N6O. The van der Waals surface area contributed by atoms with Crippen LogP contribution < -0.4 is 5.32 Å². The van der Waals surface area contributed by atoms with Gasteiger partial charge in [-0.05, 0) is 38.3 Å². The van der Waals surface area contributed by atoms with Gasteiger partial charge in [0.1, 0.15) is 17.0 Å². The van der Waals surface area contributed by atoms with Gasteiger partial charge < -0.3 is 9.88 Å². The van der Waals surface area contributed by atoms with Gasteiger partial charge in [0.2, 0.25) is 0 Å². The molecule has 1 amide bonds. The van der Waals surface area contributed by atoms with E-state index >= 15 is 0 Å². The highest BCUT2D eigenvalue weighted by Crippen LogP contribution is 2.27. The zero-order valence-corrected chi connectivity index (χ0v) is 15.5. The summed E-state index contributed by atoms with van der Waals surface area (Å²) < 4.78 is 2.10. The van der Waals surface area contributed by atoms with Gasteiger partial charge in [0.25, 0.3) is 5.91 Å². The van der Waals surface area contributed by atoms with E-state index in [-0.39, 0.29) is 18.0 Å². The van der Waals surface area contributed by atoms with E-state index in [0.717, 1.165) is 23.4 Å². The van der Waals surface area contributed by atoms with Crippen LogP contribution in [0.25, 0.3) is 11.2 Å². The minimum atomic E-state index is -0.251. The molecule has 0 spiro atoms. The number of nitrogens with one attached hydrogen (secondary N) is 1. The lowest BCUT2D eigenvalue weighted by atomic mass is 10.0. The molecule has 0 saturated heterocycles. The highest BCUT2D eigenvalue weighted by atomic mass is 16.2. The first-order valence-corrected chi connectivity index (χ1v) is 8.87. The fourth-order valence-electron chi connectivity index (χ4n) is 3.05. The van der Waals surface area contributed by atoms with Crippen molar-refractivity contribution in [2.75, 3.05) is 0 Å². The standard InChI is InChI=1S/C19H24N6O/c1-12(2)10-15(24-19(26)16-11-20-8-9-21-16)18-23-14-6-5-7-22-17(14)25(18)13(3)4/h5-9,11-13,15H,10H2,1-4H3,(H,24,26). The first kappa shape index (κ1) is 18.0. The van der Waals surface area contributed by atoms with Gasteiger partial charge in [-0.3, -0.25) is 9.78 Å². The second-order valence-electron chi connectivity index (χ2n) is 7.03. The molecule has 136 valence electrons. The Morgan fingerprint density at radius 2 is 1.96 bits per heavy atom. The second-order valence-corrected chi connectivity index (χ2v) is 7.03. The molecule has 1 unspecified atom stereocenters. The van der Waals surface area contributed by atoms with Crippen molar-refractivity contribution in [3.05, 3.63) is 48.4 Å². The molecule has 26 heavy (non-hydrogen) atoms. The molecule has 0 saturated carbocycles. The fraction of sp³-hybridized carbons (Fsp3) is 0.421. The molecule has 3 aromatic heterocycles. The lowest BCUT2D eigenvalue weighted by Gasteiger charge is -2.23. The smallest absolute Gasteiger partial charge is 0.272 e. The number of aromatic nitrogens is 5. The molecule has 3 heterocycles. The Labute approximate surface area is 152 Å². The number of hydrogen-bond donors (Lipinski definition) is 1. The number of amides is 1. The van der Waals surface area contributed by atoms with E-state index in [1.54, 1.807) is 12.4 Å². The molecule has 0 radical (unpaired) electrons. The van der Waals surface area contributed by atoms with Crippen LogP contribution in [0.15, 0.2) is 36.9 Å². The van der Waals surface area contributed by atoms with Gasteiger partial charge in [-0.1, -0.05) is 13.8 Å². The van der Waals surface area contributed by atoms with Gasteiger partial charge in [-0.2, -0.15) is 0 Å². The average molecular weight is 352 g/mol. The van der Waals surface area contributed by atoms with Crippen LogP contribution in [-0.2, 0) is 0 Å². The van der Waals surface area contributed by atoms with E-state index in [2.05, 4.69) is 52.5 Å². The van der Waals surface area contributed by atoms with E-state index in [1.165, 1.54) is 12.4 Å². The molecule has 0 bridgehead atoms.